The Kier molecular flexibility index (Phi) is 5.92. The molecule has 0 spiro atoms. The van der Waals surface area contributed by atoms with Crippen LogP contribution < -0.4 is 24.8 Å². The molecule has 0 bridgehead atoms. The van der Waals surface area contributed by atoms with Gasteiger partial charge in [0.15, 0.2) is 23.1 Å². The van der Waals surface area contributed by atoms with E-state index in [1.54, 1.807) is 0 Å². The Labute approximate surface area is 151 Å². The van der Waals surface area contributed by atoms with Crippen molar-refractivity contribution in [3.8, 4) is 23.0 Å². The van der Waals surface area contributed by atoms with Crippen molar-refractivity contribution >= 4 is 33.3 Å². The van der Waals surface area contributed by atoms with Crippen molar-refractivity contribution in [1.29, 1.82) is 0 Å². The molecule has 0 unspecified atom stereocenters. The molecule has 0 aliphatic rings. The number of aromatic hydroxyl groups is 1. The van der Waals surface area contributed by atoms with Gasteiger partial charge in [0.25, 0.3) is 0 Å². The first-order valence-corrected chi connectivity index (χ1v) is 7.75. The maximum Gasteiger partial charge on any atom is 0.323 e. The van der Waals surface area contributed by atoms with Crippen LogP contribution >= 0.6 is 15.9 Å². The topological polar surface area (TPSA) is 89.1 Å². The molecule has 9 heteroatoms. The lowest BCUT2D eigenvalue weighted by molar-refractivity contribution is 0.262. The normalized spacial score (nSPS) is 10.1. The van der Waals surface area contributed by atoms with E-state index >= 15 is 0 Å². The van der Waals surface area contributed by atoms with E-state index in [4.69, 9.17) is 14.2 Å². The molecule has 0 aromatic heterocycles. The van der Waals surface area contributed by atoms with Crippen molar-refractivity contribution in [3.05, 3.63) is 34.6 Å². The van der Waals surface area contributed by atoms with Gasteiger partial charge in [-0.05, 0) is 12.1 Å². The Hall–Kier alpha value is -2.68. The van der Waals surface area contributed by atoms with E-state index in [-0.39, 0.29) is 5.69 Å². The smallest absolute Gasteiger partial charge is 0.323 e. The van der Waals surface area contributed by atoms with Gasteiger partial charge in [0, 0.05) is 16.6 Å². The summed E-state index contributed by atoms with van der Waals surface area (Å²) in [5, 5.41) is 14.6. The van der Waals surface area contributed by atoms with E-state index in [1.165, 1.54) is 39.5 Å². The second-order valence-electron chi connectivity index (χ2n) is 4.78. The molecule has 134 valence electrons. The summed E-state index contributed by atoms with van der Waals surface area (Å²) in [4.78, 5) is 12.1. The third kappa shape index (κ3) is 4.24. The van der Waals surface area contributed by atoms with Gasteiger partial charge in [-0.2, -0.15) is 0 Å². The molecule has 2 amide bonds. The van der Waals surface area contributed by atoms with Gasteiger partial charge in [-0.15, -0.1) is 0 Å². The van der Waals surface area contributed by atoms with Crippen molar-refractivity contribution in [2.45, 2.75) is 0 Å². The van der Waals surface area contributed by atoms with Crippen LogP contribution in [0, 0.1) is 5.82 Å². The lowest BCUT2D eigenvalue weighted by Gasteiger charge is -2.15. The average molecular weight is 415 g/mol. The van der Waals surface area contributed by atoms with E-state index < -0.39 is 17.6 Å². The number of hydrogen-bond donors (Lipinski definition) is 3. The summed E-state index contributed by atoms with van der Waals surface area (Å²) in [7, 11) is 4.36. The van der Waals surface area contributed by atoms with Crippen LogP contribution in [0.15, 0.2) is 28.7 Å². The van der Waals surface area contributed by atoms with Crippen LogP contribution in [0.1, 0.15) is 0 Å². The number of carbonyl (C=O) groups excluding carboxylic acids is 1. The van der Waals surface area contributed by atoms with E-state index in [9.17, 15) is 14.3 Å². The van der Waals surface area contributed by atoms with Gasteiger partial charge in [0.2, 0.25) is 5.75 Å². The van der Waals surface area contributed by atoms with Crippen molar-refractivity contribution in [2.24, 2.45) is 0 Å². The minimum atomic E-state index is -0.863. The van der Waals surface area contributed by atoms with Crippen molar-refractivity contribution < 1.29 is 28.5 Å². The fourth-order valence-electron chi connectivity index (χ4n) is 2.10. The number of rotatable bonds is 5. The SMILES string of the molecule is COc1cc(NC(=O)Nc2cc(Br)cc(F)c2O)cc(OC)c1OC. The summed E-state index contributed by atoms with van der Waals surface area (Å²) in [6.07, 6.45) is 0. The molecule has 0 heterocycles. The zero-order valence-electron chi connectivity index (χ0n) is 13.6. The highest BCUT2D eigenvalue weighted by molar-refractivity contribution is 9.10. The third-order valence-electron chi connectivity index (χ3n) is 3.20. The second-order valence-corrected chi connectivity index (χ2v) is 5.69. The quantitative estimate of drug-likeness (QED) is 0.644. The van der Waals surface area contributed by atoms with E-state index in [0.29, 0.717) is 27.4 Å². The van der Waals surface area contributed by atoms with Crippen molar-refractivity contribution in [2.75, 3.05) is 32.0 Å². The first-order chi connectivity index (χ1) is 11.9. The van der Waals surface area contributed by atoms with Crippen molar-refractivity contribution in [1.82, 2.24) is 0 Å². The monoisotopic (exact) mass is 414 g/mol. The van der Waals surface area contributed by atoms with E-state index in [2.05, 4.69) is 26.6 Å². The van der Waals surface area contributed by atoms with Gasteiger partial charge in [-0.1, -0.05) is 15.9 Å². The first-order valence-electron chi connectivity index (χ1n) is 6.95. The maximum absolute atomic E-state index is 13.5. The number of phenols is 1. The number of halogens is 2. The predicted molar refractivity (Wildman–Crippen MR) is 94.5 cm³/mol. The van der Waals surface area contributed by atoms with Crippen LogP contribution in [0.3, 0.4) is 0 Å². The number of anilines is 2. The van der Waals surface area contributed by atoms with E-state index in [1.807, 2.05) is 0 Å². The van der Waals surface area contributed by atoms with Gasteiger partial charge < -0.3 is 30.0 Å². The Morgan fingerprint density at radius 2 is 1.64 bits per heavy atom. The highest BCUT2D eigenvalue weighted by Gasteiger charge is 2.16. The zero-order chi connectivity index (χ0) is 18.6. The highest BCUT2D eigenvalue weighted by Crippen LogP contribution is 2.40. The van der Waals surface area contributed by atoms with Gasteiger partial charge in [0.05, 0.1) is 32.7 Å². The van der Waals surface area contributed by atoms with Crippen LogP contribution in [0.4, 0.5) is 20.6 Å². The van der Waals surface area contributed by atoms with Crippen LogP contribution in [0.25, 0.3) is 0 Å². The number of urea groups is 1. The summed E-state index contributed by atoms with van der Waals surface area (Å²) in [5.74, 6) is -0.439. The van der Waals surface area contributed by atoms with Gasteiger partial charge in [-0.25, -0.2) is 9.18 Å². The lowest BCUT2D eigenvalue weighted by atomic mass is 10.2. The van der Waals surface area contributed by atoms with E-state index in [0.717, 1.165) is 6.07 Å². The number of amides is 2. The molecule has 3 N–H and O–H groups in total. The fourth-order valence-corrected chi connectivity index (χ4v) is 2.53. The predicted octanol–water partition coefficient (Wildman–Crippen LogP) is 3.96. The summed E-state index contributed by atoms with van der Waals surface area (Å²) >= 11 is 3.09. The Morgan fingerprint density at radius 3 is 2.16 bits per heavy atom. The van der Waals surface area contributed by atoms with Gasteiger partial charge in [-0.3, -0.25) is 0 Å². The van der Waals surface area contributed by atoms with Gasteiger partial charge >= 0.3 is 6.03 Å². The zero-order valence-corrected chi connectivity index (χ0v) is 15.2. The Morgan fingerprint density at radius 1 is 1.04 bits per heavy atom. The number of benzene rings is 2. The van der Waals surface area contributed by atoms with Crippen LogP contribution in [0.5, 0.6) is 23.0 Å². The molecular weight excluding hydrogens is 399 g/mol. The molecule has 2 aromatic rings. The number of methoxy groups -OCH3 is 3. The maximum atomic E-state index is 13.5. The molecule has 0 atom stereocenters. The molecule has 0 aliphatic carbocycles. The molecule has 2 rings (SSSR count). The standard InChI is InChI=1S/C16H16BrFN2O5/c1-23-12-6-9(7-13(24-2)15(12)25-3)19-16(22)20-11-5-8(17)4-10(18)14(11)21/h4-7,21H,1-3H3,(H2,19,20,22). The lowest BCUT2D eigenvalue weighted by Crippen LogP contribution is -2.19. The molecular formula is C16H16BrFN2O5. The molecule has 0 fully saturated rings. The van der Waals surface area contributed by atoms with Gasteiger partial charge in [0.1, 0.15) is 0 Å². The van der Waals surface area contributed by atoms with Crippen LogP contribution in [-0.4, -0.2) is 32.5 Å². The number of phenolic OH excluding ortho intramolecular Hbond substituents is 1. The molecule has 2 aromatic carbocycles. The number of ether oxygens (including phenoxy) is 3. The number of nitrogens with one attached hydrogen (secondary N) is 2. The number of carbonyl (C=O) groups is 1. The van der Waals surface area contributed by atoms with Crippen LogP contribution in [-0.2, 0) is 0 Å². The third-order valence-corrected chi connectivity index (χ3v) is 3.66. The molecule has 7 nitrogen and oxygen atoms in total. The average Bonchev–Trinajstić information content (AvgIpc) is 2.58. The fraction of sp³-hybridized carbons (Fsp3) is 0.188. The summed E-state index contributed by atoms with van der Waals surface area (Å²) in [6.45, 7) is 0. The molecule has 0 aliphatic heterocycles. The molecule has 0 saturated heterocycles. The number of hydrogen-bond acceptors (Lipinski definition) is 5. The summed E-state index contributed by atoms with van der Waals surface area (Å²) in [5.41, 5.74) is 0.263. The largest absolute Gasteiger partial charge is 0.503 e. The molecule has 25 heavy (non-hydrogen) atoms. The highest BCUT2D eigenvalue weighted by atomic mass is 79.9. The van der Waals surface area contributed by atoms with Crippen molar-refractivity contribution in [3.63, 3.8) is 0 Å². The Balaban J connectivity index is 2.24. The molecule has 0 radical (unpaired) electrons. The minimum Gasteiger partial charge on any atom is -0.503 e. The summed E-state index contributed by atoms with van der Waals surface area (Å²) in [6, 6.07) is 4.82. The summed E-state index contributed by atoms with van der Waals surface area (Å²) < 4.78 is 29.5. The minimum absolute atomic E-state index is 0.0863. The molecule has 0 saturated carbocycles. The first kappa shape index (κ1) is 18.7. The van der Waals surface area contributed by atoms with Crippen LogP contribution in [0.2, 0.25) is 0 Å². The second kappa shape index (κ2) is 7.93. The Bertz CT molecular complexity index is 775.